The van der Waals surface area contributed by atoms with E-state index in [1.165, 1.54) is 13.0 Å². The molecule has 0 fully saturated rings. The molecule has 0 saturated heterocycles. The van der Waals surface area contributed by atoms with Crippen LogP contribution in [0.25, 0.3) is 0 Å². The van der Waals surface area contributed by atoms with Crippen molar-refractivity contribution in [1.82, 2.24) is 10.2 Å². The van der Waals surface area contributed by atoms with Gasteiger partial charge in [0.25, 0.3) is 0 Å². The Hall–Kier alpha value is -2.36. The zero-order chi connectivity index (χ0) is 20.1. The lowest BCUT2D eigenvalue weighted by Crippen LogP contribution is -2.52. The van der Waals surface area contributed by atoms with E-state index in [1.54, 1.807) is 0 Å². The number of imide groups is 1. The van der Waals surface area contributed by atoms with Crippen molar-refractivity contribution >= 4 is 39.7 Å². The van der Waals surface area contributed by atoms with Gasteiger partial charge in [0.15, 0.2) is 11.6 Å². The number of alkyl halides is 1. The Morgan fingerprint density at radius 2 is 2.04 bits per heavy atom. The van der Waals surface area contributed by atoms with E-state index in [1.807, 2.05) is 0 Å². The van der Waals surface area contributed by atoms with Crippen LogP contribution in [0.2, 0.25) is 0 Å². The summed E-state index contributed by atoms with van der Waals surface area (Å²) in [5.41, 5.74) is 0.189. The molecule has 27 heavy (non-hydrogen) atoms. The molecule has 0 bridgehead atoms. The Morgan fingerprint density at radius 3 is 2.63 bits per heavy atom. The monoisotopic (exact) mass is 445 g/mol. The SMILES string of the molecule is COC(=O)C1C(C)=NC(=O)N(C(=O)NCCCBr)C1c1ccc(F)c(F)c1. The lowest BCUT2D eigenvalue weighted by atomic mass is 9.87. The molecule has 0 radical (unpaired) electrons. The molecule has 146 valence electrons. The first-order valence-electron chi connectivity index (χ1n) is 8.06. The van der Waals surface area contributed by atoms with E-state index in [9.17, 15) is 23.2 Å². The molecule has 4 amide bonds. The van der Waals surface area contributed by atoms with E-state index >= 15 is 0 Å². The number of nitrogens with one attached hydrogen (secondary N) is 1. The maximum Gasteiger partial charge on any atom is 0.352 e. The number of nitrogens with zero attached hydrogens (tertiary/aromatic N) is 2. The van der Waals surface area contributed by atoms with Crippen molar-refractivity contribution in [2.75, 3.05) is 19.0 Å². The van der Waals surface area contributed by atoms with Gasteiger partial charge >= 0.3 is 18.0 Å². The number of amides is 4. The van der Waals surface area contributed by atoms with E-state index in [0.717, 1.165) is 24.1 Å². The summed E-state index contributed by atoms with van der Waals surface area (Å²) in [7, 11) is 1.15. The number of aliphatic imine (C=N–C) groups is 1. The molecule has 0 aliphatic carbocycles. The summed E-state index contributed by atoms with van der Waals surface area (Å²) in [6.45, 7) is 1.70. The van der Waals surface area contributed by atoms with Gasteiger partial charge in [0.2, 0.25) is 0 Å². The zero-order valence-electron chi connectivity index (χ0n) is 14.7. The van der Waals surface area contributed by atoms with E-state index < -0.39 is 41.6 Å². The van der Waals surface area contributed by atoms with Crippen LogP contribution in [0.3, 0.4) is 0 Å². The molecule has 1 aromatic rings. The first kappa shape index (κ1) is 20.9. The minimum atomic E-state index is -1.22. The summed E-state index contributed by atoms with van der Waals surface area (Å²) in [4.78, 5) is 41.8. The third-order valence-electron chi connectivity index (χ3n) is 4.07. The summed E-state index contributed by atoms with van der Waals surface area (Å²) >= 11 is 3.22. The quantitative estimate of drug-likeness (QED) is 0.428. The highest BCUT2D eigenvalue weighted by atomic mass is 79.9. The summed E-state index contributed by atoms with van der Waals surface area (Å²) < 4.78 is 31.9. The van der Waals surface area contributed by atoms with Gasteiger partial charge in [-0.25, -0.2) is 28.3 Å². The second kappa shape index (κ2) is 9.03. The molecule has 1 aromatic carbocycles. The highest BCUT2D eigenvalue weighted by Gasteiger charge is 2.45. The van der Waals surface area contributed by atoms with Gasteiger partial charge in [0.1, 0.15) is 5.92 Å². The Labute approximate surface area is 162 Å². The molecule has 2 atom stereocenters. The third-order valence-corrected chi connectivity index (χ3v) is 4.63. The van der Waals surface area contributed by atoms with Crippen LogP contribution in [-0.2, 0) is 9.53 Å². The fraction of sp³-hybridized carbons (Fsp3) is 0.412. The highest BCUT2D eigenvalue weighted by molar-refractivity contribution is 9.09. The maximum atomic E-state index is 13.8. The molecule has 0 aromatic heterocycles. The predicted molar refractivity (Wildman–Crippen MR) is 96.8 cm³/mol. The molecule has 10 heteroatoms. The molecule has 1 heterocycles. The molecule has 0 spiro atoms. The summed E-state index contributed by atoms with van der Waals surface area (Å²) in [6, 6.07) is 0.0107. The summed E-state index contributed by atoms with van der Waals surface area (Å²) in [6.07, 6.45) is 0.604. The minimum Gasteiger partial charge on any atom is -0.468 e. The second-order valence-electron chi connectivity index (χ2n) is 5.80. The molecular formula is C17H18BrF2N3O4. The van der Waals surface area contributed by atoms with Gasteiger partial charge in [-0.05, 0) is 31.0 Å². The highest BCUT2D eigenvalue weighted by Crippen LogP contribution is 2.35. The Morgan fingerprint density at radius 1 is 1.33 bits per heavy atom. The van der Waals surface area contributed by atoms with Crippen LogP contribution in [-0.4, -0.2) is 47.6 Å². The number of hydrogen-bond donors (Lipinski definition) is 1. The van der Waals surface area contributed by atoms with Crippen LogP contribution < -0.4 is 5.32 Å². The van der Waals surface area contributed by atoms with Crippen molar-refractivity contribution < 1.29 is 27.9 Å². The van der Waals surface area contributed by atoms with Crippen LogP contribution in [0, 0.1) is 17.6 Å². The normalized spacial score (nSPS) is 19.5. The third kappa shape index (κ3) is 4.49. The lowest BCUT2D eigenvalue weighted by Gasteiger charge is -2.36. The van der Waals surface area contributed by atoms with Gasteiger partial charge in [-0.3, -0.25) is 4.79 Å². The number of ether oxygens (including phenoxy) is 1. The fourth-order valence-corrected chi connectivity index (χ4v) is 3.08. The lowest BCUT2D eigenvalue weighted by molar-refractivity contribution is -0.144. The van der Waals surface area contributed by atoms with Crippen LogP contribution in [0.5, 0.6) is 0 Å². The van der Waals surface area contributed by atoms with Crippen molar-refractivity contribution in [1.29, 1.82) is 0 Å². The van der Waals surface area contributed by atoms with Gasteiger partial charge < -0.3 is 10.1 Å². The van der Waals surface area contributed by atoms with Gasteiger partial charge in [0.05, 0.1) is 13.2 Å². The number of esters is 1. The first-order valence-corrected chi connectivity index (χ1v) is 9.19. The Bertz CT molecular complexity index is 787. The van der Waals surface area contributed by atoms with E-state index in [0.29, 0.717) is 11.8 Å². The standard InChI is InChI=1S/C17H18BrF2N3O4/c1-9-13(15(24)27-2)14(10-4-5-11(19)12(20)8-10)23(17(26)22-9)16(25)21-7-3-6-18/h4-5,8,13-14H,3,6-7H2,1-2H3,(H,21,25). The maximum absolute atomic E-state index is 13.8. The number of benzene rings is 1. The largest absolute Gasteiger partial charge is 0.468 e. The first-order chi connectivity index (χ1) is 12.8. The molecule has 2 unspecified atom stereocenters. The minimum absolute atomic E-state index is 0.0718. The van der Waals surface area contributed by atoms with Crippen LogP contribution in [0.15, 0.2) is 23.2 Å². The van der Waals surface area contributed by atoms with Crippen molar-refractivity contribution in [3.63, 3.8) is 0 Å². The number of methoxy groups -OCH3 is 1. The van der Waals surface area contributed by atoms with Crippen LogP contribution in [0.4, 0.5) is 18.4 Å². The van der Waals surface area contributed by atoms with Crippen molar-refractivity contribution in [2.24, 2.45) is 10.9 Å². The van der Waals surface area contributed by atoms with E-state index in [-0.39, 0.29) is 17.8 Å². The van der Waals surface area contributed by atoms with Crippen molar-refractivity contribution in [2.45, 2.75) is 19.4 Å². The molecule has 1 N–H and O–H groups in total. The summed E-state index contributed by atoms with van der Waals surface area (Å²) in [5.74, 6) is -4.14. The van der Waals surface area contributed by atoms with Crippen molar-refractivity contribution in [3.8, 4) is 0 Å². The van der Waals surface area contributed by atoms with Crippen LogP contribution in [0.1, 0.15) is 24.9 Å². The molecule has 0 saturated carbocycles. The van der Waals surface area contributed by atoms with Gasteiger partial charge in [-0.1, -0.05) is 22.0 Å². The van der Waals surface area contributed by atoms with Gasteiger partial charge in [-0.2, -0.15) is 0 Å². The average Bonchev–Trinajstić information content (AvgIpc) is 2.63. The van der Waals surface area contributed by atoms with E-state index in [4.69, 9.17) is 4.74 Å². The molecule has 1 aliphatic rings. The summed E-state index contributed by atoms with van der Waals surface area (Å²) in [5, 5.41) is 3.18. The Kier molecular flexibility index (Phi) is 7.00. The van der Waals surface area contributed by atoms with Gasteiger partial charge in [-0.15, -0.1) is 0 Å². The second-order valence-corrected chi connectivity index (χ2v) is 6.59. The molecule has 1 aliphatic heterocycles. The van der Waals surface area contributed by atoms with Gasteiger partial charge in [0, 0.05) is 17.6 Å². The number of halogens is 3. The number of carbonyl (C=O) groups is 3. The molecule has 7 nitrogen and oxygen atoms in total. The topological polar surface area (TPSA) is 88.1 Å². The number of urea groups is 2. The molecular weight excluding hydrogens is 428 g/mol. The van der Waals surface area contributed by atoms with Crippen molar-refractivity contribution in [3.05, 3.63) is 35.4 Å². The number of hydrogen-bond acceptors (Lipinski definition) is 4. The predicted octanol–water partition coefficient (Wildman–Crippen LogP) is 3.19. The smallest absolute Gasteiger partial charge is 0.352 e. The molecule has 2 rings (SSSR count). The fourth-order valence-electron chi connectivity index (χ4n) is 2.80. The zero-order valence-corrected chi connectivity index (χ0v) is 16.3. The Balaban J connectivity index is 2.53. The van der Waals surface area contributed by atoms with Crippen LogP contribution >= 0.6 is 15.9 Å². The number of rotatable bonds is 5. The average molecular weight is 446 g/mol. The number of carbonyl (C=O) groups excluding carboxylic acids is 3. The van der Waals surface area contributed by atoms with E-state index in [2.05, 4.69) is 26.2 Å².